The first-order chi connectivity index (χ1) is 25.9. The monoisotopic (exact) mass is 795 g/mol. The smallest absolute Gasteiger partial charge is 0.410 e. The minimum atomic E-state index is -0.871. The van der Waals surface area contributed by atoms with E-state index in [0.717, 1.165) is 26.9 Å². The highest BCUT2D eigenvalue weighted by Gasteiger charge is 2.52. The summed E-state index contributed by atoms with van der Waals surface area (Å²) >= 11 is 13.7. The van der Waals surface area contributed by atoms with Crippen molar-refractivity contribution in [1.29, 1.82) is 0 Å². The lowest BCUT2D eigenvalue weighted by molar-refractivity contribution is -0.157. The third kappa shape index (κ3) is 8.99. The van der Waals surface area contributed by atoms with Crippen LogP contribution in [0.2, 0.25) is 10.0 Å². The number of likely N-dealkylation sites (N-methyl/N-ethyl adjacent to an activating group) is 1. The van der Waals surface area contributed by atoms with Crippen LogP contribution in [-0.4, -0.2) is 113 Å². The molecule has 17 heteroatoms. The fourth-order valence-electron chi connectivity index (χ4n) is 6.66. The topological polar surface area (TPSA) is 157 Å². The van der Waals surface area contributed by atoms with Crippen molar-refractivity contribution in [2.75, 3.05) is 52.6 Å². The molecule has 0 spiro atoms. The maximum atomic E-state index is 14.4. The van der Waals surface area contributed by atoms with Gasteiger partial charge in [-0.2, -0.15) is 5.01 Å². The van der Waals surface area contributed by atoms with Gasteiger partial charge >= 0.3 is 12.1 Å². The van der Waals surface area contributed by atoms with Gasteiger partial charge in [0.25, 0.3) is 0 Å². The van der Waals surface area contributed by atoms with E-state index in [1.807, 2.05) is 44.1 Å². The minimum absolute atomic E-state index is 0.0869. The summed E-state index contributed by atoms with van der Waals surface area (Å²) in [5.41, 5.74) is 9.13. The van der Waals surface area contributed by atoms with Crippen LogP contribution in [0.15, 0.2) is 60.7 Å². The lowest BCUT2D eigenvalue weighted by atomic mass is 9.99. The van der Waals surface area contributed by atoms with Gasteiger partial charge in [-0.15, -0.1) is 0 Å². The molecular weight excluding hydrogens is 753 g/mol. The summed E-state index contributed by atoms with van der Waals surface area (Å²) in [6, 6.07) is 16.5. The molecule has 0 bridgehead atoms. The molecule has 2 saturated heterocycles. The van der Waals surface area contributed by atoms with Crippen LogP contribution in [0, 0.1) is 0 Å². The molecule has 0 unspecified atom stereocenters. The third-order valence-corrected chi connectivity index (χ3v) is 10.8. The van der Waals surface area contributed by atoms with Crippen LogP contribution in [0.4, 0.5) is 14.7 Å². The number of nitrogens with zero attached hydrogens (tertiary/aromatic N) is 6. The van der Waals surface area contributed by atoms with Crippen molar-refractivity contribution in [3.8, 4) is 5.75 Å². The normalized spacial score (nSPS) is 17.3. The van der Waals surface area contributed by atoms with E-state index < -0.39 is 18.3 Å². The SMILES string of the molecule is CCCN(C(=O)NCc1ccc(Cl)c(Cl)c1)N1CC(=O)N2[C@@H](Cc3ccc(OC(=O)NCCN(C)C)cc3)C(=O)N(Cc3cccc4sc(N)nc34)C[C@@H]21. The van der Waals surface area contributed by atoms with Gasteiger partial charge in [0.1, 0.15) is 18.0 Å². The number of urea groups is 1. The van der Waals surface area contributed by atoms with Gasteiger partial charge in [-0.25, -0.2) is 14.6 Å². The minimum Gasteiger partial charge on any atom is -0.410 e. The maximum Gasteiger partial charge on any atom is 0.412 e. The molecule has 2 fully saturated rings. The molecule has 2 aliphatic rings. The largest absolute Gasteiger partial charge is 0.412 e. The Hall–Kier alpha value is -4.67. The molecule has 3 heterocycles. The third-order valence-electron chi connectivity index (χ3n) is 9.25. The molecule has 4 N–H and O–H groups in total. The van der Waals surface area contributed by atoms with E-state index >= 15 is 0 Å². The van der Waals surface area contributed by atoms with E-state index in [9.17, 15) is 19.2 Å². The first-order valence-electron chi connectivity index (χ1n) is 17.6. The number of aromatic nitrogens is 1. The number of carbonyl (C=O) groups is 4. The summed E-state index contributed by atoms with van der Waals surface area (Å²) in [5, 5.41) is 10.2. The van der Waals surface area contributed by atoms with Crippen molar-refractivity contribution in [2.45, 2.75) is 45.1 Å². The average Bonchev–Trinajstić information content (AvgIpc) is 3.68. The second-order valence-electron chi connectivity index (χ2n) is 13.4. The Morgan fingerprint density at radius 1 is 1.02 bits per heavy atom. The van der Waals surface area contributed by atoms with Crippen LogP contribution in [0.1, 0.15) is 30.0 Å². The van der Waals surface area contributed by atoms with E-state index in [0.29, 0.717) is 47.0 Å². The van der Waals surface area contributed by atoms with Crippen LogP contribution in [-0.2, 0) is 29.1 Å². The van der Waals surface area contributed by atoms with E-state index in [1.54, 1.807) is 62.3 Å². The molecule has 54 heavy (non-hydrogen) atoms. The Balaban J connectivity index is 1.25. The molecule has 286 valence electrons. The highest BCUT2D eigenvalue weighted by molar-refractivity contribution is 7.22. The van der Waals surface area contributed by atoms with Gasteiger partial charge in [0.2, 0.25) is 11.8 Å². The molecular formula is C37H43Cl2N9O5S. The number of piperazine rings is 1. The number of rotatable bonds is 13. The Morgan fingerprint density at radius 3 is 2.50 bits per heavy atom. The summed E-state index contributed by atoms with van der Waals surface area (Å²) < 4.78 is 6.34. The van der Waals surface area contributed by atoms with Crippen LogP contribution in [0.25, 0.3) is 10.2 Å². The number of thiazole rings is 1. The molecule has 0 aliphatic carbocycles. The number of nitrogen functional groups attached to an aromatic ring is 1. The molecule has 3 aromatic carbocycles. The van der Waals surface area contributed by atoms with Crippen molar-refractivity contribution in [3.63, 3.8) is 0 Å². The first-order valence-corrected chi connectivity index (χ1v) is 19.2. The lowest BCUT2D eigenvalue weighted by Crippen LogP contribution is -2.66. The molecule has 5 amide bonds. The summed E-state index contributed by atoms with van der Waals surface area (Å²) in [5.74, 6) is -0.148. The number of benzene rings is 3. The molecule has 4 aromatic rings. The zero-order valence-electron chi connectivity index (χ0n) is 30.3. The van der Waals surface area contributed by atoms with Gasteiger partial charge in [-0.1, -0.05) is 71.8 Å². The van der Waals surface area contributed by atoms with Crippen LogP contribution >= 0.6 is 34.5 Å². The number of nitrogens with one attached hydrogen (secondary N) is 2. The summed E-state index contributed by atoms with van der Waals surface area (Å²) in [6.07, 6.45) is -0.372. The van der Waals surface area contributed by atoms with Crippen molar-refractivity contribution < 1.29 is 23.9 Å². The Bertz CT molecular complexity index is 2010. The highest BCUT2D eigenvalue weighted by atomic mass is 35.5. The quantitative estimate of drug-likeness (QED) is 0.173. The lowest BCUT2D eigenvalue weighted by Gasteiger charge is -2.46. The molecule has 2 atom stereocenters. The van der Waals surface area contributed by atoms with E-state index in [-0.39, 0.29) is 50.4 Å². The standard InChI is InChI=1S/C37H43Cl2N9O5S/c1-4-15-46(36(51)42-19-24-10-13-27(38)28(39)17-24)47-22-32(49)48-29(18-23-8-11-26(12-9-23)53-37(52)41-14-16-44(2)3)34(50)45(21-31(47)48)20-25-6-5-7-30-33(25)43-35(40)54-30/h5-13,17,29,31H,4,14-16,18-22H2,1-3H3,(H2,40,43)(H,41,52)(H,42,51)/t29-,31+/m0/s1. The highest BCUT2D eigenvalue weighted by Crippen LogP contribution is 2.33. The number of hydrogen-bond donors (Lipinski definition) is 3. The number of hydrogen-bond acceptors (Lipinski definition) is 10. The first kappa shape index (κ1) is 39.0. The molecule has 6 rings (SSSR count). The zero-order valence-corrected chi connectivity index (χ0v) is 32.6. The van der Waals surface area contributed by atoms with E-state index in [2.05, 4.69) is 15.6 Å². The van der Waals surface area contributed by atoms with Crippen LogP contribution < -0.4 is 21.1 Å². The van der Waals surface area contributed by atoms with Crippen molar-refractivity contribution in [3.05, 3.63) is 87.4 Å². The van der Waals surface area contributed by atoms with Gasteiger partial charge in [-0.05, 0) is 67.5 Å². The second kappa shape index (κ2) is 17.2. The number of halogens is 2. The molecule has 2 aliphatic heterocycles. The Morgan fingerprint density at radius 2 is 1.78 bits per heavy atom. The van der Waals surface area contributed by atoms with Gasteiger partial charge < -0.3 is 35.8 Å². The molecule has 0 radical (unpaired) electrons. The molecule has 0 saturated carbocycles. The Kier molecular flexibility index (Phi) is 12.4. The molecule has 1 aromatic heterocycles. The van der Waals surface area contributed by atoms with E-state index in [1.165, 1.54) is 11.3 Å². The Labute approximate surface area is 327 Å². The molecule has 14 nitrogen and oxygen atoms in total. The summed E-state index contributed by atoms with van der Waals surface area (Å²) in [7, 11) is 3.82. The predicted octanol–water partition coefficient (Wildman–Crippen LogP) is 4.80. The summed E-state index contributed by atoms with van der Waals surface area (Å²) in [4.78, 5) is 64.3. The fraction of sp³-hybridized carbons (Fsp3) is 0.378. The number of anilines is 1. The fourth-order valence-corrected chi connectivity index (χ4v) is 7.77. The van der Waals surface area contributed by atoms with Gasteiger partial charge in [0.05, 0.1) is 33.4 Å². The van der Waals surface area contributed by atoms with Crippen molar-refractivity contribution in [1.82, 2.24) is 40.3 Å². The zero-order chi connectivity index (χ0) is 38.5. The number of nitrogens with two attached hydrogens (primary N) is 1. The number of hydrazine groups is 1. The summed E-state index contributed by atoms with van der Waals surface area (Å²) in [6.45, 7) is 3.89. The van der Waals surface area contributed by atoms with Crippen LogP contribution in [0.3, 0.4) is 0 Å². The van der Waals surface area contributed by atoms with Gasteiger partial charge in [0.15, 0.2) is 5.13 Å². The number of amides is 5. The van der Waals surface area contributed by atoms with Crippen molar-refractivity contribution >= 4 is 73.8 Å². The maximum absolute atomic E-state index is 14.4. The number of para-hydroxylation sites is 1. The number of fused-ring (bicyclic) bond motifs is 2. The number of ether oxygens (including phenoxy) is 1. The van der Waals surface area contributed by atoms with E-state index in [4.69, 9.17) is 33.7 Å². The van der Waals surface area contributed by atoms with Gasteiger partial charge in [0, 0.05) is 39.1 Å². The van der Waals surface area contributed by atoms with Crippen LogP contribution in [0.5, 0.6) is 5.75 Å². The van der Waals surface area contributed by atoms with Gasteiger partial charge in [-0.3, -0.25) is 14.6 Å². The predicted molar refractivity (Wildman–Crippen MR) is 209 cm³/mol. The number of carbonyl (C=O) groups excluding carboxylic acids is 4. The van der Waals surface area contributed by atoms with Crippen molar-refractivity contribution in [2.24, 2.45) is 0 Å². The average molecular weight is 797 g/mol. The second-order valence-corrected chi connectivity index (χ2v) is 15.3.